The predicted octanol–water partition coefficient (Wildman–Crippen LogP) is 22.4. The SMILES string of the molecule is CC(C)c1cc(C(C)C)c(B2c3ccc(-c4ccc5c(c4)Oc4ccccc4C54c5ccccc5N(c5cc6c7c(c5)C(C)c5cc(C(C)C)cc8c5B7c5c(cccc5C8C)O6)c5ccccc54)cc3Oc3cc(N4c5ccccc5C5(c6ccccc6-c6ccccc65)c5ccccc54)ccc32)c(C(C)C)c1. The second-order valence-electron chi connectivity index (χ2n) is 33.2. The van der Waals surface area contributed by atoms with Crippen LogP contribution in [0.25, 0.3) is 22.3 Å². The Morgan fingerprint density at radius 1 is 0.284 bits per heavy atom. The van der Waals surface area contributed by atoms with E-state index in [1.54, 1.807) is 0 Å². The highest BCUT2D eigenvalue weighted by molar-refractivity contribution is 6.99. The molecule has 7 heteroatoms. The summed E-state index contributed by atoms with van der Waals surface area (Å²) >= 11 is 0. The first-order valence-electron chi connectivity index (χ1n) is 39.6. The van der Waals surface area contributed by atoms with E-state index < -0.39 is 10.8 Å². The molecule has 22 rings (SSSR count). The van der Waals surface area contributed by atoms with E-state index in [0.29, 0.717) is 11.8 Å². The Bertz CT molecular complexity index is 6120. The highest BCUT2D eigenvalue weighted by atomic mass is 16.5. The summed E-state index contributed by atoms with van der Waals surface area (Å²) in [7, 11) is 0. The molecule has 5 nitrogen and oxygen atoms in total. The van der Waals surface area contributed by atoms with Crippen molar-refractivity contribution in [2.24, 2.45) is 0 Å². The van der Waals surface area contributed by atoms with Gasteiger partial charge < -0.3 is 24.0 Å². The Labute approximate surface area is 640 Å². The highest BCUT2D eigenvalue weighted by Gasteiger charge is 2.55. The van der Waals surface area contributed by atoms with Gasteiger partial charge >= 0.3 is 0 Å². The number of fused-ring (bicyclic) bond motifs is 19. The van der Waals surface area contributed by atoms with Gasteiger partial charge in [-0.1, -0.05) is 286 Å². The molecule has 0 saturated heterocycles. The first kappa shape index (κ1) is 64.4. The molecule has 8 aliphatic rings. The topological polar surface area (TPSA) is 34.2 Å². The smallest absolute Gasteiger partial charge is 0.252 e. The van der Waals surface area contributed by atoms with Gasteiger partial charge in [0.1, 0.15) is 34.5 Å². The molecule has 2 atom stereocenters. The fourth-order valence-electron chi connectivity index (χ4n) is 21.5. The zero-order chi connectivity index (χ0) is 73.4. The molecule has 0 amide bonds. The maximum absolute atomic E-state index is 7.67. The minimum absolute atomic E-state index is 0.106. The molecule has 2 unspecified atom stereocenters. The third-order valence-corrected chi connectivity index (χ3v) is 26.4. The summed E-state index contributed by atoms with van der Waals surface area (Å²) in [5.41, 5.74) is 38.8. The third kappa shape index (κ3) is 8.65. The van der Waals surface area contributed by atoms with E-state index in [-0.39, 0.29) is 37.1 Å². The van der Waals surface area contributed by atoms with Crippen molar-refractivity contribution in [3.8, 4) is 56.8 Å². The van der Waals surface area contributed by atoms with Crippen LogP contribution in [0.2, 0.25) is 0 Å². The van der Waals surface area contributed by atoms with E-state index in [1.807, 2.05) is 0 Å². The van der Waals surface area contributed by atoms with Gasteiger partial charge in [0.2, 0.25) is 0 Å². The summed E-state index contributed by atoms with van der Waals surface area (Å²) in [5, 5.41) is 0. The molecule has 7 aliphatic heterocycles. The van der Waals surface area contributed by atoms with Crippen LogP contribution in [0.4, 0.5) is 34.1 Å². The van der Waals surface area contributed by atoms with Crippen LogP contribution < -0.4 is 56.8 Å². The van der Waals surface area contributed by atoms with Crippen molar-refractivity contribution in [1.82, 2.24) is 0 Å². The molecule has 0 radical (unpaired) electrons. The Morgan fingerprint density at radius 3 is 1.28 bits per heavy atom. The minimum Gasteiger partial charge on any atom is -0.458 e. The Kier molecular flexibility index (Phi) is 13.8. The second kappa shape index (κ2) is 23.4. The zero-order valence-corrected chi connectivity index (χ0v) is 63.3. The Hall–Kier alpha value is -11.8. The summed E-state index contributed by atoms with van der Waals surface area (Å²) in [6.45, 7) is 23.7. The molecule has 0 bridgehead atoms. The fourth-order valence-corrected chi connectivity index (χ4v) is 21.5. The number of hydrogen-bond donors (Lipinski definition) is 0. The number of para-hydroxylation sites is 5. The van der Waals surface area contributed by atoms with Gasteiger partial charge in [-0.2, -0.15) is 0 Å². The van der Waals surface area contributed by atoms with E-state index >= 15 is 0 Å². The molecule has 0 fully saturated rings. The highest BCUT2D eigenvalue weighted by Crippen LogP contribution is 2.66. The van der Waals surface area contributed by atoms with Crippen molar-refractivity contribution in [2.75, 3.05) is 9.80 Å². The molecule has 0 N–H and O–H groups in total. The van der Waals surface area contributed by atoms with E-state index in [1.165, 1.54) is 111 Å². The number of rotatable bonds is 8. The minimum atomic E-state index is -0.779. The predicted molar refractivity (Wildman–Crippen MR) is 451 cm³/mol. The summed E-state index contributed by atoms with van der Waals surface area (Å²) in [5.74, 6) is 7.00. The van der Waals surface area contributed by atoms with Crippen molar-refractivity contribution in [2.45, 2.75) is 116 Å². The van der Waals surface area contributed by atoms with Crippen LogP contribution >= 0.6 is 0 Å². The van der Waals surface area contributed by atoms with Crippen LogP contribution in [0.1, 0.15) is 194 Å². The van der Waals surface area contributed by atoms with Crippen molar-refractivity contribution >= 4 is 80.3 Å². The maximum Gasteiger partial charge on any atom is 0.252 e. The number of anilines is 6. The van der Waals surface area contributed by atoms with E-state index in [0.717, 1.165) is 102 Å². The normalized spacial score (nSPS) is 16.4. The van der Waals surface area contributed by atoms with Crippen molar-refractivity contribution < 1.29 is 14.2 Å². The average molecular weight is 1410 g/mol. The van der Waals surface area contributed by atoms with Crippen LogP contribution in [0.5, 0.6) is 34.5 Å². The number of ether oxygens (including phenoxy) is 3. The standard InChI is InChI=1S/C102H82B2N2O3/c1-57(2)65-48-72(59(5)6)97(73(49-65)60(7)8)103-85-46-43-64(53-94(85)109-95-55-67(44-47-86(95)103)105-87-36-20-15-31-79(87)101(80-32-16-21-37-88(80)105)77-29-13-11-26-70(77)71-27-12-14-30-78(71)101)63-42-45-84-93(52-63)107-91-40-24-19-35-83(91)102(84)81-33-17-22-38-89(81)106(90-39-23-18-34-82(90)102)68-54-76-62(10)75-51-66(58(3)4)50-74-61(9)69-28-25-41-92-99(69)104(98(74)75)100(76)96(56-68)108-92/h11-62H,1-10H3. The van der Waals surface area contributed by atoms with Crippen LogP contribution in [0, 0.1) is 0 Å². The lowest BCUT2D eigenvalue weighted by Crippen LogP contribution is -2.64. The van der Waals surface area contributed by atoms with E-state index in [2.05, 4.69) is 358 Å². The summed E-state index contributed by atoms with van der Waals surface area (Å²) < 4.78 is 22.3. The monoisotopic (exact) mass is 1400 g/mol. The summed E-state index contributed by atoms with van der Waals surface area (Å²) in [6.07, 6.45) is 0. The van der Waals surface area contributed by atoms with Gasteiger partial charge in [0.15, 0.2) is 0 Å². The van der Waals surface area contributed by atoms with Gasteiger partial charge in [-0.25, -0.2) is 0 Å². The first-order chi connectivity index (χ1) is 53.2. The molecule has 0 saturated carbocycles. The van der Waals surface area contributed by atoms with Gasteiger partial charge in [-0.05, 0) is 206 Å². The van der Waals surface area contributed by atoms with Gasteiger partial charge in [0, 0.05) is 40.8 Å². The van der Waals surface area contributed by atoms with Gasteiger partial charge in [0.05, 0.1) is 39.3 Å². The number of benzene rings is 14. The largest absolute Gasteiger partial charge is 0.458 e. The fraction of sp³-hybridized carbons (Fsp3) is 0.176. The molecule has 0 aromatic heterocycles. The van der Waals surface area contributed by atoms with Gasteiger partial charge in [0.25, 0.3) is 13.4 Å². The number of hydrogen-bond acceptors (Lipinski definition) is 5. The second-order valence-corrected chi connectivity index (χ2v) is 33.2. The summed E-state index contributed by atoms with van der Waals surface area (Å²) in [6, 6.07) is 106. The lowest BCUT2D eigenvalue weighted by molar-refractivity contribution is 0.434. The summed E-state index contributed by atoms with van der Waals surface area (Å²) in [4.78, 5) is 5.02. The van der Waals surface area contributed by atoms with Crippen LogP contribution in [-0.4, -0.2) is 13.4 Å². The third-order valence-electron chi connectivity index (χ3n) is 26.4. The Morgan fingerprint density at radius 2 is 0.697 bits per heavy atom. The lowest BCUT2D eigenvalue weighted by atomic mass is 9.28. The van der Waals surface area contributed by atoms with Gasteiger partial charge in [-0.3, -0.25) is 0 Å². The zero-order valence-electron chi connectivity index (χ0n) is 63.3. The molecule has 524 valence electrons. The Balaban J connectivity index is 0.695. The molecular formula is C102H82B2N2O3. The van der Waals surface area contributed by atoms with Crippen LogP contribution in [0.3, 0.4) is 0 Å². The average Bonchev–Trinajstić information content (AvgIpc) is 1.13. The van der Waals surface area contributed by atoms with E-state index in [9.17, 15) is 0 Å². The maximum atomic E-state index is 7.67. The molecular weight excluding hydrogens is 1320 g/mol. The molecule has 2 spiro atoms. The molecule has 14 aromatic carbocycles. The molecule has 14 aromatic rings. The van der Waals surface area contributed by atoms with E-state index in [4.69, 9.17) is 14.2 Å². The quantitative estimate of drug-likeness (QED) is 0.142. The molecule has 1 aliphatic carbocycles. The molecule has 7 heterocycles. The van der Waals surface area contributed by atoms with Crippen molar-refractivity contribution in [3.63, 3.8) is 0 Å². The molecule has 109 heavy (non-hydrogen) atoms. The number of nitrogens with zero attached hydrogens (tertiary/aromatic N) is 2. The van der Waals surface area contributed by atoms with Gasteiger partial charge in [-0.15, -0.1) is 0 Å². The van der Waals surface area contributed by atoms with Crippen molar-refractivity contribution in [1.29, 1.82) is 0 Å². The van der Waals surface area contributed by atoms with Crippen LogP contribution in [-0.2, 0) is 10.8 Å². The lowest BCUT2D eigenvalue weighted by Gasteiger charge is -2.49. The van der Waals surface area contributed by atoms with Crippen molar-refractivity contribution in [3.05, 3.63) is 368 Å². The first-order valence-corrected chi connectivity index (χ1v) is 39.6. The van der Waals surface area contributed by atoms with Crippen LogP contribution in [0.15, 0.2) is 279 Å².